The Morgan fingerprint density at radius 2 is 2.27 bits per heavy atom. The SMILES string of the molecule is CCc1[nH]c2ccc(O)c(N)c2c1C#N. The molecule has 0 saturated heterocycles. The Morgan fingerprint density at radius 1 is 1.53 bits per heavy atom. The number of aromatic hydroxyl groups is 1. The van der Waals surface area contributed by atoms with E-state index < -0.39 is 0 Å². The van der Waals surface area contributed by atoms with Crippen molar-refractivity contribution in [3.8, 4) is 11.8 Å². The van der Waals surface area contributed by atoms with Crippen LogP contribution in [-0.2, 0) is 6.42 Å². The second-order valence-corrected chi connectivity index (χ2v) is 3.36. The molecule has 0 atom stereocenters. The Balaban J connectivity index is 2.93. The largest absolute Gasteiger partial charge is 0.506 e. The lowest BCUT2D eigenvalue weighted by Crippen LogP contribution is -1.88. The van der Waals surface area contributed by atoms with E-state index in [1.165, 1.54) is 6.07 Å². The monoisotopic (exact) mass is 201 g/mol. The number of nitrogens with two attached hydrogens (primary N) is 1. The van der Waals surface area contributed by atoms with Crippen LogP contribution < -0.4 is 5.73 Å². The average Bonchev–Trinajstić information content (AvgIpc) is 2.61. The summed E-state index contributed by atoms with van der Waals surface area (Å²) in [5.74, 6) is 0.0145. The number of nitriles is 1. The molecule has 0 spiro atoms. The Morgan fingerprint density at radius 3 is 2.87 bits per heavy atom. The maximum absolute atomic E-state index is 9.47. The molecule has 0 fully saturated rings. The van der Waals surface area contributed by atoms with E-state index in [4.69, 9.17) is 11.0 Å². The second kappa shape index (κ2) is 3.21. The van der Waals surface area contributed by atoms with Gasteiger partial charge in [-0.3, -0.25) is 0 Å². The van der Waals surface area contributed by atoms with Crippen LogP contribution in [0.4, 0.5) is 5.69 Å². The number of nitrogen functional groups attached to an aromatic ring is 1. The number of phenols is 1. The van der Waals surface area contributed by atoms with Crippen molar-refractivity contribution in [3.05, 3.63) is 23.4 Å². The van der Waals surface area contributed by atoms with Crippen molar-refractivity contribution < 1.29 is 5.11 Å². The first-order valence-corrected chi connectivity index (χ1v) is 4.71. The van der Waals surface area contributed by atoms with Gasteiger partial charge >= 0.3 is 0 Å². The van der Waals surface area contributed by atoms with Crippen molar-refractivity contribution in [2.75, 3.05) is 5.73 Å². The number of hydrogen-bond donors (Lipinski definition) is 3. The van der Waals surface area contributed by atoms with Crippen LogP contribution in [0.2, 0.25) is 0 Å². The van der Waals surface area contributed by atoms with Gasteiger partial charge in [0.1, 0.15) is 11.8 Å². The number of rotatable bonds is 1. The minimum Gasteiger partial charge on any atom is -0.506 e. The molecule has 0 aliphatic heterocycles. The van der Waals surface area contributed by atoms with Gasteiger partial charge in [-0.05, 0) is 18.6 Å². The zero-order chi connectivity index (χ0) is 11.0. The molecule has 76 valence electrons. The summed E-state index contributed by atoms with van der Waals surface area (Å²) in [6, 6.07) is 5.36. The standard InChI is InChI=1S/C11H11N3O/c1-2-7-6(5-12)10-8(14-7)3-4-9(15)11(10)13/h3-4,14-15H,2,13H2,1H3. The summed E-state index contributed by atoms with van der Waals surface area (Å²) in [4.78, 5) is 3.12. The number of nitrogens with one attached hydrogen (secondary N) is 1. The minimum atomic E-state index is 0.0145. The number of aromatic amines is 1. The average molecular weight is 201 g/mol. The van der Waals surface area contributed by atoms with E-state index in [2.05, 4.69) is 11.1 Å². The number of benzene rings is 1. The predicted octanol–water partition coefficient (Wildman–Crippen LogP) is 1.89. The molecule has 4 heteroatoms. The number of fused-ring (bicyclic) bond motifs is 1. The lowest BCUT2D eigenvalue weighted by molar-refractivity contribution is 0.478. The first-order chi connectivity index (χ1) is 7.19. The molecular formula is C11H11N3O. The molecule has 2 rings (SSSR count). The first-order valence-electron chi connectivity index (χ1n) is 4.71. The number of aromatic nitrogens is 1. The Labute approximate surface area is 86.9 Å². The van der Waals surface area contributed by atoms with E-state index in [0.29, 0.717) is 10.9 Å². The number of anilines is 1. The first kappa shape index (κ1) is 9.41. The van der Waals surface area contributed by atoms with Gasteiger partial charge in [-0.1, -0.05) is 6.92 Å². The van der Waals surface area contributed by atoms with Gasteiger partial charge in [0, 0.05) is 16.6 Å². The quantitative estimate of drug-likeness (QED) is 0.486. The molecule has 0 aliphatic rings. The highest BCUT2D eigenvalue weighted by Crippen LogP contribution is 2.33. The van der Waals surface area contributed by atoms with Gasteiger partial charge in [0.15, 0.2) is 0 Å². The van der Waals surface area contributed by atoms with Gasteiger partial charge in [-0.15, -0.1) is 0 Å². The van der Waals surface area contributed by atoms with Gasteiger partial charge in [-0.25, -0.2) is 0 Å². The van der Waals surface area contributed by atoms with E-state index in [0.717, 1.165) is 17.6 Å². The van der Waals surface area contributed by atoms with Crippen LogP contribution in [0.1, 0.15) is 18.2 Å². The van der Waals surface area contributed by atoms with Gasteiger partial charge in [-0.2, -0.15) is 5.26 Å². The van der Waals surface area contributed by atoms with Crippen molar-refractivity contribution in [2.24, 2.45) is 0 Å². The molecule has 0 aliphatic carbocycles. The topological polar surface area (TPSA) is 85.8 Å². The van der Waals surface area contributed by atoms with Gasteiger partial charge in [0.05, 0.1) is 11.3 Å². The summed E-state index contributed by atoms with van der Waals surface area (Å²) in [6.07, 6.45) is 0.734. The molecule has 1 aromatic carbocycles. The van der Waals surface area contributed by atoms with Crippen LogP contribution in [0.5, 0.6) is 5.75 Å². The maximum Gasteiger partial charge on any atom is 0.139 e. The zero-order valence-electron chi connectivity index (χ0n) is 8.33. The van der Waals surface area contributed by atoms with Crippen LogP contribution in [0, 0.1) is 11.3 Å². The number of hydrogen-bond acceptors (Lipinski definition) is 3. The smallest absolute Gasteiger partial charge is 0.139 e. The van der Waals surface area contributed by atoms with Crippen molar-refractivity contribution in [1.82, 2.24) is 4.98 Å². The van der Waals surface area contributed by atoms with Gasteiger partial charge < -0.3 is 15.8 Å². The van der Waals surface area contributed by atoms with E-state index in [9.17, 15) is 5.11 Å². The summed E-state index contributed by atoms with van der Waals surface area (Å²) in [7, 11) is 0. The predicted molar refractivity (Wildman–Crippen MR) is 58.5 cm³/mol. The van der Waals surface area contributed by atoms with Gasteiger partial charge in [0.2, 0.25) is 0 Å². The summed E-state index contributed by atoms with van der Waals surface area (Å²) < 4.78 is 0. The lowest BCUT2D eigenvalue weighted by atomic mass is 10.1. The molecule has 4 nitrogen and oxygen atoms in total. The van der Waals surface area contributed by atoms with Crippen LogP contribution in [0.3, 0.4) is 0 Å². The molecule has 0 saturated carbocycles. The fourth-order valence-corrected chi connectivity index (χ4v) is 1.75. The van der Waals surface area contributed by atoms with E-state index in [-0.39, 0.29) is 11.4 Å². The van der Waals surface area contributed by atoms with Crippen molar-refractivity contribution >= 4 is 16.6 Å². The number of H-pyrrole nitrogens is 1. The van der Waals surface area contributed by atoms with Crippen LogP contribution in [0.25, 0.3) is 10.9 Å². The zero-order valence-corrected chi connectivity index (χ0v) is 8.33. The Hall–Kier alpha value is -2.15. The van der Waals surface area contributed by atoms with E-state index in [1.807, 2.05) is 6.92 Å². The number of phenolic OH excluding ortho intramolecular Hbond substituents is 1. The summed E-state index contributed by atoms with van der Waals surface area (Å²) >= 11 is 0. The molecular weight excluding hydrogens is 190 g/mol. The fraction of sp³-hybridized carbons (Fsp3) is 0.182. The molecule has 0 radical (unpaired) electrons. The van der Waals surface area contributed by atoms with Crippen molar-refractivity contribution in [3.63, 3.8) is 0 Å². The molecule has 0 unspecified atom stereocenters. The normalized spacial score (nSPS) is 10.4. The molecule has 15 heavy (non-hydrogen) atoms. The van der Waals surface area contributed by atoms with Crippen molar-refractivity contribution in [1.29, 1.82) is 5.26 Å². The highest BCUT2D eigenvalue weighted by atomic mass is 16.3. The summed E-state index contributed by atoms with van der Waals surface area (Å²) in [6.45, 7) is 1.96. The fourth-order valence-electron chi connectivity index (χ4n) is 1.75. The third-order valence-electron chi connectivity index (χ3n) is 2.53. The number of nitrogens with zero attached hydrogens (tertiary/aromatic N) is 1. The third kappa shape index (κ3) is 1.21. The van der Waals surface area contributed by atoms with Crippen LogP contribution in [-0.4, -0.2) is 10.1 Å². The third-order valence-corrected chi connectivity index (χ3v) is 2.53. The van der Waals surface area contributed by atoms with Crippen molar-refractivity contribution in [2.45, 2.75) is 13.3 Å². The maximum atomic E-state index is 9.47. The molecule has 1 heterocycles. The lowest BCUT2D eigenvalue weighted by Gasteiger charge is -1.99. The summed E-state index contributed by atoms with van der Waals surface area (Å²) in [5, 5.41) is 19.1. The van der Waals surface area contributed by atoms with Crippen LogP contribution in [0.15, 0.2) is 12.1 Å². The highest BCUT2D eigenvalue weighted by molar-refractivity contribution is 5.99. The Bertz CT molecular complexity index is 563. The molecule has 0 amide bonds. The Kier molecular flexibility index (Phi) is 2.01. The minimum absolute atomic E-state index is 0.0145. The number of aryl methyl sites for hydroxylation is 1. The molecule has 0 bridgehead atoms. The summed E-state index contributed by atoms with van der Waals surface area (Å²) in [5.41, 5.74) is 8.18. The second-order valence-electron chi connectivity index (χ2n) is 3.36. The van der Waals surface area contributed by atoms with Crippen LogP contribution >= 0.6 is 0 Å². The van der Waals surface area contributed by atoms with Gasteiger partial charge in [0.25, 0.3) is 0 Å². The van der Waals surface area contributed by atoms with E-state index >= 15 is 0 Å². The molecule has 1 aromatic heterocycles. The molecule has 4 N–H and O–H groups in total. The highest BCUT2D eigenvalue weighted by Gasteiger charge is 2.14. The molecule has 2 aromatic rings. The van der Waals surface area contributed by atoms with E-state index in [1.54, 1.807) is 6.07 Å².